The second kappa shape index (κ2) is 3.96. The molecule has 1 unspecified atom stereocenters. The number of imidazole rings is 1. The molecule has 0 N–H and O–H groups in total. The van der Waals surface area contributed by atoms with Crippen LogP contribution in [0, 0.1) is 0 Å². The first-order valence-corrected chi connectivity index (χ1v) is 5.77. The average molecular weight is 206 g/mol. The number of hydrogen-bond acceptors (Lipinski definition) is 2. The van der Waals surface area contributed by atoms with Crippen molar-refractivity contribution in [2.75, 3.05) is 0 Å². The minimum atomic E-state index is 0.523. The Balaban J connectivity index is 2.40. The van der Waals surface area contributed by atoms with Crippen LogP contribution < -0.4 is 0 Å². The number of thiophene rings is 1. The Morgan fingerprint density at radius 2 is 2.43 bits per heavy atom. The van der Waals surface area contributed by atoms with Crippen molar-refractivity contribution in [3.8, 4) is 10.7 Å². The summed E-state index contributed by atoms with van der Waals surface area (Å²) in [7, 11) is 0. The van der Waals surface area contributed by atoms with Crippen LogP contribution in [0.1, 0.15) is 26.3 Å². The van der Waals surface area contributed by atoms with Crippen LogP contribution in [0.2, 0.25) is 0 Å². The van der Waals surface area contributed by atoms with Gasteiger partial charge in [0.05, 0.1) is 4.88 Å². The van der Waals surface area contributed by atoms with Crippen LogP contribution >= 0.6 is 11.3 Å². The van der Waals surface area contributed by atoms with E-state index in [-0.39, 0.29) is 0 Å². The Labute approximate surface area is 88.2 Å². The SMILES string of the molecule is CCC(C)n1ccnc1-c1cccs1. The molecule has 0 amide bonds. The normalized spacial score (nSPS) is 13.0. The molecule has 0 fully saturated rings. The largest absolute Gasteiger partial charge is 0.328 e. The standard InChI is InChI=1S/C11H14N2S/c1-3-9(2)13-7-6-12-11(13)10-5-4-8-14-10/h4-9H,3H2,1-2H3. The molecular weight excluding hydrogens is 192 g/mol. The molecule has 0 spiro atoms. The van der Waals surface area contributed by atoms with Crippen LogP contribution in [-0.2, 0) is 0 Å². The van der Waals surface area contributed by atoms with Gasteiger partial charge in [-0.05, 0) is 24.8 Å². The Morgan fingerprint density at radius 3 is 3.07 bits per heavy atom. The summed E-state index contributed by atoms with van der Waals surface area (Å²) < 4.78 is 2.24. The van der Waals surface area contributed by atoms with Gasteiger partial charge < -0.3 is 4.57 Å². The topological polar surface area (TPSA) is 17.8 Å². The number of rotatable bonds is 3. The van der Waals surface area contributed by atoms with Crippen LogP contribution in [0.5, 0.6) is 0 Å². The van der Waals surface area contributed by atoms with Crippen LogP contribution in [-0.4, -0.2) is 9.55 Å². The molecule has 14 heavy (non-hydrogen) atoms. The number of aromatic nitrogens is 2. The highest BCUT2D eigenvalue weighted by Gasteiger charge is 2.10. The van der Waals surface area contributed by atoms with Crippen LogP contribution in [0.3, 0.4) is 0 Å². The van der Waals surface area contributed by atoms with Gasteiger partial charge in [0.25, 0.3) is 0 Å². The smallest absolute Gasteiger partial charge is 0.150 e. The molecular formula is C11H14N2S. The summed E-state index contributed by atoms with van der Waals surface area (Å²) in [6.07, 6.45) is 5.07. The fourth-order valence-electron chi connectivity index (χ4n) is 1.46. The Bertz CT molecular complexity index is 389. The van der Waals surface area contributed by atoms with E-state index in [2.05, 4.69) is 47.1 Å². The van der Waals surface area contributed by atoms with E-state index in [9.17, 15) is 0 Å². The maximum absolute atomic E-state index is 4.40. The Morgan fingerprint density at radius 1 is 1.57 bits per heavy atom. The minimum absolute atomic E-state index is 0.523. The fraction of sp³-hybridized carbons (Fsp3) is 0.364. The summed E-state index contributed by atoms with van der Waals surface area (Å²) in [4.78, 5) is 5.65. The van der Waals surface area contributed by atoms with Crippen molar-refractivity contribution >= 4 is 11.3 Å². The second-order valence-corrected chi connectivity index (χ2v) is 4.34. The summed E-state index contributed by atoms with van der Waals surface area (Å²) in [6, 6.07) is 4.70. The summed E-state index contributed by atoms with van der Waals surface area (Å²) in [5.74, 6) is 1.09. The lowest BCUT2D eigenvalue weighted by Crippen LogP contribution is -2.03. The molecule has 0 aliphatic heterocycles. The summed E-state index contributed by atoms with van der Waals surface area (Å²) >= 11 is 1.74. The zero-order valence-electron chi connectivity index (χ0n) is 8.47. The first-order valence-electron chi connectivity index (χ1n) is 4.89. The van der Waals surface area contributed by atoms with Crippen molar-refractivity contribution in [2.45, 2.75) is 26.3 Å². The fourth-order valence-corrected chi connectivity index (χ4v) is 2.19. The molecule has 2 aromatic rings. The lowest BCUT2D eigenvalue weighted by molar-refractivity contribution is 0.536. The first-order chi connectivity index (χ1) is 6.83. The predicted molar refractivity (Wildman–Crippen MR) is 60.5 cm³/mol. The average Bonchev–Trinajstić information content (AvgIpc) is 2.85. The first kappa shape index (κ1) is 9.46. The maximum Gasteiger partial charge on any atom is 0.150 e. The lowest BCUT2D eigenvalue weighted by Gasteiger charge is -2.13. The van der Waals surface area contributed by atoms with Crippen LogP contribution in [0.15, 0.2) is 29.9 Å². The maximum atomic E-state index is 4.40. The molecule has 0 radical (unpaired) electrons. The van der Waals surface area contributed by atoms with Gasteiger partial charge in [0.1, 0.15) is 5.82 Å². The van der Waals surface area contributed by atoms with Gasteiger partial charge in [0.2, 0.25) is 0 Å². The minimum Gasteiger partial charge on any atom is -0.328 e. The van der Waals surface area contributed by atoms with E-state index in [0.29, 0.717) is 6.04 Å². The quantitative estimate of drug-likeness (QED) is 0.750. The summed E-state index contributed by atoms with van der Waals surface area (Å²) in [6.45, 7) is 4.42. The predicted octanol–water partition coefficient (Wildman–Crippen LogP) is 3.58. The number of nitrogens with zero attached hydrogens (tertiary/aromatic N) is 2. The molecule has 0 aromatic carbocycles. The molecule has 2 heterocycles. The third kappa shape index (κ3) is 1.60. The number of hydrogen-bond donors (Lipinski definition) is 0. The molecule has 0 bridgehead atoms. The van der Waals surface area contributed by atoms with Gasteiger partial charge in [-0.2, -0.15) is 0 Å². The highest BCUT2D eigenvalue weighted by Crippen LogP contribution is 2.26. The second-order valence-electron chi connectivity index (χ2n) is 3.39. The third-order valence-electron chi connectivity index (χ3n) is 2.48. The monoisotopic (exact) mass is 206 g/mol. The van der Waals surface area contributed by atoms with E-state index in [1.807, 2.05) is 6.20 Å². The van der Waals surface area contributed by atoms with E-state index >= 15 is 0 Å². The zero-order valence-corrected chi connectivity index (χ0v) is 9.29. The van der Waals surface area contributed by atoms with Crippen molar-refractivity contribution in [1.29, 1.82) is 0 Å². The third-order valence-corrected chi connectivity index (χ3v) is 3.34. The molecule has 0 aliphatic carbocycles. The zero-order chi connectivity index (χ0) is 9.97. The van der Waals surface area contributed by atoms with Gasteiger partial charge in [0, 0.05) is 18.4 Å². The van der Waals surface area contributed by atoms with Gasteiger partial charge in [0.15, 0.2) is 0 Å². The van der Waals surface area contributed by atoms with E-state index in [0.717, 1.165) is 12.2 Å². The van der Waals surface area contributed by atoms with E-state index < -0.39 is 0 Å². The molecule has 0 saturated heterocycles. The summed E-state index contributed by atoms with van der Waals surface area (Å²) in [5.41, 5.74) is 0. The highest BCUT2D eigenvalue weighted by atomic mass is 32.1. The van der Waals surface area contributed by atoms with Crippen molar-refractivity contribution in [1.82, 2.24) is 9.55 Å². The van der Waals surface area contributed by atoms with Crippen LogP contribution in [0.4, 0.5) is 0 Å². The van der Waals surface area contributed by atoms with Crippen molar-refractivity contribution in [2.24, 2.45) is 0 Å². The van der Waals surface area contributed by atoms with E-state index in [1.165, 1.54) is 4.88 Å². The molecule has 2 rings (SSSR count). The lowest BCUT2D eigenvalue weighted by atomic mass is 10.2. The molecule has 2 nitrogen and oxygen atoms in total. The molecule has 3 heteroatoms. The molecule has 0 saturated carbocycles. The van der Waals surface area contributed by atoms with E-state index in [4.69, 9.17) is 0 Å². The van der Waals surface area contributed by atoms with Gasteiger partial charge in [-0.3, -0.25) is 0 Å². The molecule has 74 valence electrons. The molecule has 1 atom stereocenters. The molecule has 2 aromatic heterocycles. The Hall–Kier alpha value is -1.09. The van der Waals surface area contributed by atoms with Gasteiger partial charge in [-0.1, -0.05) is 13.0 Å². The van der Waals surface area contributed by atoms with Crippen LogP contribution in [0.25, 0.3) is 10.7 Å². The van der Waals surface area contributed by atoms with Crippen molar-refractivity contribution < 1.29 is 0 Å². The van der Waals surface area contributed by atoms with Gasteiger partial charge in [-0.15, -0.1) is 11.3 Å². The van der Waals surface area contributed by atoms with E-state index in [1.54, 1.807) is 11.3 Å². The summed E-state index contributed by atoms with van der Waals surface area (Å²) in [5, 5.41) is 2.09. The molecule has 0 aliphatic rings. The Kier molecular flexibility index (Phi) is 2.68. The van der Waals surface area contributed by atoms with Crippen molar-refractivity contribution in [3.05, 3.63) is 29.9 Å². The van der Waals surface area contributed by atoms with Crippen molar-refractivity contribution in [3.63, 3.8) is 0 Å². The van der Waals surface area contributed by atoms with Gasteiger partial charge in [-0.25, -0.2) is 4.98 Å². The van der Waals surface area contributed by atoms with Gasteiger partial charge >= 0.3 is 0 Å². The highest BCUT2D eigenvalue weighted by molar-refractivity contribution is 7.13.